The fraction of sp³-hybridized carbons (Fsp3) is 0.625. The van der Waals surface area contributed by atoms with Crippen molar-refractivity contribution in [3.8, 4) is 5.75 Å². The molecule has 0 atom stereocenters. The number of benzene rings is 1. The van der Waals surface area contributed by atoms with Gasteiger partial charge in [0.2, 0.25) is 0 Å². The average Bonchev–Trinajstić information content (AvgIpc) is 2.86. The molecule has 19 heavy (non-hydrogen) atoms. The third-order valence-electron chi connectivity index (χ3n) is 3.86. The normalized spacial score (nSPS) is 16.7. The summed E-state index contributed by atoms with van der Waals surface area (Å²) in [6, 6.07) is 6.40. The molecule has 0 aliphatic heterocycles. The highest BCUT2D eigenvalue weighted by Gasteiger charge is 2.23. The molecule has 0 radical (unpaired) electrons. The van der Waals surface area contributed by atoms with Gasteiger partial charge in [0.05, 0.1) is 0 Å². The van der Waals surface area contributed by atoms with E-state index in [1.165, 1.54) is 25.7 Å². The van der Waals surface area contributed by atoms with Crippen molar-refractivity contribution in [1.82, 2.24) is 4.90 Å². The van der Waals surface area contributed by atoms with Gasteiger partial charge < -0.3 is 5.11 Å². The van der Waals surface area contributed by atoms with Crippen LogP contribution in [0.4, 0.5) is 0 Å². The molecule has 0 spiro atoms. The largest absolute Gasteiger partial charge is 0.508 e. The third-order valence-corrected chi connectivity index (χ3v) is 4.35. The van der Waals surface area contributed by atoms with Crippen molar-refractivity contribution in [2.75, 3.05) is 6.54 Å². The highest BCUT2D eigenvalue weighted by atomic mass is 79.9. The fourth-order valence-corrected chi connectivity index (χ4v) is 3.39. The minimum absolute atomic E-state index is 0.412. The monoisotopic (exact) mass is 325 g/mol. The number of nitrogens with zero attached hydrogens (tertiary/aromatic N) is 1. The second kappa shape index (κ2) is 6.76. The zero-order chi connectivity index (χ0) is 13.8. The first-order chi connectivity index (χ1) is 9.06. The maximum atomic E-state index is 10.0. The Bertz CT molecular complexity index is 413. The maximum Gasteiger partial charge on any atom is 0.120 e. The van der Waals surface area contributed by atoms with Gasteiger partial charge in [-0.3, -0.25) is 4.90 Å². The summed E-state index contributed by atoms with van der Waals surface area (Å²) in [6.45, 7) is 6.50. The van der Waals surface area contributed by atoms with E-state index in [0.29, 0.717) is 17.7 Å². The minimum atomic E-state index is 0.412. The Hall–Kier alpha value is -0.540. The summed E-state index contributed by atoms with van der Waals surface area (Å²) in [7, 11) is 0. The van der Waals surface area contributed by atoms with E-state index in [4.69, 9.17) is 0 Å². The molecule has 1 aliphatic rings. The zero-order valence-corrected chi connectivity index (χ0v) is 13.5. The molecule has 0 amide bonds. The Kier molecular flexibility index (Phi) is 5.28. The van der Waals surface area contributed by atoms with E-state index in [-0.39, 0.29) is 0 Å². The molecule has 0 heterocycles. The Morgan fingerprint density at radius 1 is 1.32 bits per heavy atom. The van der Waals surface area contributed by atoms with E-state index in [2.05, 4.69) is 34.7 Å². The highest BCUT2D eigenvalue weighted by molar-refractivity contribution is 9.10. The lowest BCUT2D eigenvalue weighted by Crippen LogP contribution is -2.35. The van der Waals surface area contributed by atoms with E-state index in [9.17, 15) is 5.11 Å². The lowest BCUT2D eigenvalue weighted by atomic mass is 10.1. The summed E-state index contributed by atoms with van der Waals surface area (Å²) in [6.07, 6.45) is 5.32. The van der Waals surface area contributed by atoms with Crippen molar-refractivity contribution in [1.29, 1.82) is 0 Å². The Morgan fingerprint density at radius 3 is 2.63 bits per heavy atom. The van der Waals surface area contributed by atoms with Crippen LogP contribution >= 0.6 is 15.9 Å². The average molecular weight is 326 g/mol. The van der Waals surface area contributed by atoms with Gasteiger partial charge >= 0.3 is 0 Å². The van der Waals surface area contributed by atoms with E-state index in [1.807, 2.05) is 12.1 Å². The van der Waals surface area contributed by atoms with Crippen LogP contribution in [0.5, 0.6) is 5.75 Å². The Morgan fingerprint density at radius 2 is 2.00 bits per heavy atom. The number of aromatic hydroxyl groups is 1. The van der Waals surface area contributed by atoms with Gasteiger partial charge in [-0.25, -0.2) is 0 Å². The van der Waals surface area contributed by atoms with E-state index >= 15 is 0 Å². The second-order valence-electron chi connectivity index (χ2n) is 6.03. The van der Waals surface area contributed by atoms with Gasteiger partial charge in [0.25, 0.3) is 0 Å². The topological polar surface area (TPSA) is 23.5 Å². The summed E-state index contributed by atoms with van der Waals surface area (Å²) in [5.41, 5.74) is 1.03. The van der Waals surface area contributed by atoms with Gasteiger partial charge in [0.15, 0.2) is 0 Å². The number of rotatable bonds is 5. The van der Waals surface area contributed by atoms with Gasteiger partial charge in [-0.1, -0.05) is 42.6 Å². The second-order valence-corrected chi connectivity index (χ2v) is 6.95. The smallest absolute Gasteiger partial charge is 0.120 e. The summed E-state index contributed by atoms with van der Waals surface area (Å²) in [5.74, 6) is 1.07. The van der Waals surface area contributed by atoms with Crippen molar-refractivity contribution in [3.63, 3.8) is 0 Å². The Balaban J connectivity index is 2.12. The van der Waals surface area contributed by atoms with Crippen LogP contribution in [0.1, 0.15) is 45.1 Å². The molecule has 1 aliphatic carbocycles. The van der Waals surface area contributed by atoms with E-state index in [1.54, 1.807) is 6.07 Å². The van der Waals surface area contributed by atoms with Crippen molar-refractivity contribution in [3.05, 3.63) is 28.2 Å². The molecule has 0 unspecified atom stereocenters. The van der Waals surface area contributed by atoms with Crippen LogP contribution in [0.15, 0.2) is 22.7 Å². The predicted octanol–water partition coefficient (Wildman–Crippen LogP) is 4.56. The van der Waals surface area contributed by atoms with Crippen molar-refractivity contribution in [2.45, 2.75) is 52.1 Å². The summed E-state index contributed by atoms with van der Waals surface area (Å²) in [4.78, 5) is 2.55. The van der Waals surface area contributed by atoms with E-state index < -0.39 is 0 Å². The number of hydrogen-bond acceptors (Lipinski definition) is 2. The molecular formula is C16H24BrNO. The summed E-state index contributed by atoms with van der Waals surface area (Å²) < 4.78 is 1.04. The molecule has 1 N–H and O–H groups in total. The third kappa shape index (κ3) is 4.22. The lowest BCUT2D eigenvalue weighted by Gasteiger charge is -2.30. The molecule has 2 rings (SSSR count). The van der Waals surface area contributed by atoms with Crippen LogP contribution in [0.3, 0.4) is 0 Å². The summed E-state index contributed by atoms with van der Waals surface area (Å²) >= 11 is 3.49. The van der Waals surface area contributed by atoms with Gasteiger partial charge in [-0.2, -0.15) is 0 Å². The van der Waals surface area contributed by atoms with Gasteiger partial charge in [-0.05, 0) is 37.0 Å². The van der Waals surface area contributed by atoms with Gasteiger partial charge in [0, 0.05) is 29.2 Å². The first-order valence-corrected chi connectivity index (χ1v) is 8.07. The molecule has 0 bridgehead atoms. The molecule has 1 aromatic carbocycles. The van der Waals surface area contributed by atoms with Gasteiger partial charge in [0.1, 0.15) is 5.75 Å². The molecule has 1 saturated carbocycles. The van der Waals surface area contributed by atoms with Crippen LogP contribution in [0, 0.1) is 5.92 Å². The van der Waals surface area contributed by atoms with Crippen LogP contribution in [-0.2, 0) is 6.54 Å². The molecule has 3 heteroatoms. The zero-order valence-electron chi connectivity index (χ0n) is 11.9. The molecular weight excluding hydrogens is 302 g/mol. The predicted molar refractivity (Wildman–Crippen MR) is 83.3 cm³/mol. The first kappa shape index (κ1) is 14.9. The molecule has 0 aromatic heterocycles. The number of hydrogen-bond donors (Lipinski definition) is 1. The highest BCUT2D eigenvalue weighted by Crippen LogP contribution is 2.29. The van der Waals surface area contributed by atoms with Crippen molar-refractivity contribution >= 4 is 15.9 Å². The molecule has 1 aromatic rings. The van der Waals surface area contributed by atoms with Crippen LogP contribution in [-0.4, -0.2) is 22.6 Å². The first-order valence-electron chi connectivity index (χ1n) is 7.27. The number of halogens is 1. The van der Waals surface area contributed by atoms with Gasteiger partial charge in [-0.15, -0.1) is 0 Å². The van der Waals surface area contributed by atoms with Crippen molar-refractivity contribution < 1.29 is 5.11 Å². The van der Waals surface area contributed by atoms with Crippen LogP contribution < -0.4 is 0 Å². The lowest BCUT2D eigenvalue weighted by molar-refractivity contribution is 0.167. The molecule has 106 valence electrons. The molecule has 0 saturated heterocycles. The summed E-state index contributed by atoms with van der Waals surface area (Å²) in [5, 5.41) is 10.0. The quantitative estimate of drug-likeness (QED) is 0.858. The standard InChI is InChI=1S/C16H24BrNO/c1-12(2)10-18(15-5-3-4-6-15)11-13-9-14(17)7-8-16(13)19/h7-9,12,15,19H,3-6,10-11H2,1-2H3. The maximum absolute atomic E-state index is 10.0. The molecule has 1 fully saturated rings. The van der Waals surface area contributed by atoms with E-state index in [0.717, 1.165) is 23.1 Å². The van der Waals surface area contributed by atoms with Crippen LogP contribution in [0.25, 0.3) is 0 Å². The minimum Gasteiger partial charge on any atom is -0.508 e. The fourth-order valence-electron chi connectivity index (χ4n) is 2.98. The Labute approximate surface area is 124 Å². The number of phenolic OH excluding ortho intramolecular Hbond substituents is 1. The number of phenols is 1. The van der Waals surface area contributed by atoms with Crippen molar-refractivity contribution in [2.24, 2.45) is 5.92 Å². The van der Waals surface area contributed by atoms with Crippen LogP contribution in [0.2, 0.25) is 0 Å². The SMILES string of the molecule is CC(C)CN(Cc1cc(Br)ccc1O)C1CCCC1. The molecule has 2 nitrogen and oxygen atoms in total.